The fourth-order valence-corrected chi connectivity index (χ4v) is 6.24. The first kappa shape index (κ1) is 27.7. The molecule has 0 saturated carbocycles. The zero-order chi connectivity index (χ0) is 25.4. The number of nitrogens with two attached hydrogens (primary N) is 1. The van der Waals surface area contributed by atoms with Crippen molar-refractivity contribution in [1.29, 1.82) is 0 Å². The molecule has 0 bridgehead atoms. The molecule has 18 nitrogen and oxygen atoms in total. The predicted molar refractivity (Wildman–Crippen MR) is 104 cm³/mol. The van der Waals surface area contributed by atoms with E-state index in [2.05, 4.69) is 24.2 Å². The highest BCUT2D eigenvalue weighted by molar-refractivity contribution is 7.66. The Labute approximate surface area is 183 Å². The van der Waals surface area contributed by atoms with Gasteiger partial charge in [-0.05, 0) is 6.92 Å². The summed E-state index contributed by atoms with van der Waals surface area (Å²) in [5, 5.41) is 13.4. The molecular formula is C12H19N4O14P3. The number of terminal acetylenes is 1. The Kier molecular flexibility index (Phi) is 8.06. The van der Waals surface area contributed by atoms with Crippen LogP contribution in [0.25, 0.3) is 0 Å². The minimum absolute atomic E-state index is 0.557. The number of rotatable bonds is 9. The number of ether oxygens (including phenoxy) is 1. The second-order valence-corrected chi connectivity index (χ2v) is 11.0. The van der Waals surface area contributed by atoms with E-state index in [0.717, 1.165) is 6.92 Å². The monoisotopic (exact) mass is 536 g/mol. The number of aliphatic hydroxyl groups is 1. The van der Waals surface area contributed by atoms with E-state index >= 15 is 0 Å². The number of nitrogens with one attached hydrogen (secondary N) is 1. The van der Waals surface area contributed by atoms with E-state index in [1.807, 2.05) is 4.98 Å². The maximum atomic E-state index is 12.1. The number of aliphatic hydroxyl groups excluding tert-OH is 1. The van der Waals surface area contributed by atoms with E-state index in [1.54, 1.807) is 0 Å². The molecule has 1 aliphatic heterocycles. The molecule has 0 spiro atoms. The van der Waals surface area contributed by atoms with Gasteiger partial charge < -0.3 is 35.2 Å². The number of H-pyrrole nitrogens is 1. The lowest BCUT2D eigenvalue weighted by Crippen LogP contribution is -2.54. The normalized spacial score (nSPS) is 30.2. The van der Waals surface area contributed by atoms with Crippen LogP contribution < -0.4 is 17.0 Å². The summed E-state index contributed by atoms with van der Waals surface area (Å²) in [5.74, 6) is 0.839. The van der Waals surface area contributed by atoms with Crippen LogP contribution in [0.1, 0.15) is 13.2 Å². The lowest BCUT2D eigenvalue weighted by Gasteiger charge is -2.30. The molecule has 0 amide bonds. The van der Waals surface area contributed by atoms with Gasteiger partial charge in [-0.15, -0.1) is 6.42 Å². The van der Waals surface area contributed by atoms with Crippen LogP contribution in [-0.2, 0) is 31.6 Å². The third kappa shape index (κ3) is 6.53. The zero-order valence-electron chi connectivity index (χ0n) is 16.4. The van der Waals surface area contributed by atoms with E-state index in [1.165, 1.54) is 0 Å². The molecule has 33 heavy (non-hydrogen) atoms. The highest BCUT2D eigenvalue weighted by Gasteiger charge is 2.57. The smallest absolute Gasteiger partial charge is 0.396 e. The van der Waals surface area contributed by atoms with Gasteiger partial charge >= 0.3 is 29.2 Å². The van der Waals surface area contributed by atoms with Crippen LogP contribution in [0, 0.1) is 18.3 Å². The molecule has 0 radical (unpaired) electrons. The lowest BCUT2D eigenvalue weighted by molar-refractivity contribution is -0.0728. The number of phosphoric ester groups is 1. The Bertz CT molecular complexity index is 1190. The zero-order valence-corrected chi connectivity index (χ0v) is 19.1. The Morgan fingerprint density at radius 2 is 1.91 bits per heavy atom. The van der Waals surface area contributed by atoms with Gasteiger partial charge in [0.15, 0.2) is 6.23 Å². The second kappa shape index (κ2) is 9.61. The van der Waals surface area contributed by atoms with Gasteiger partial charge in [0.05, 0.1) is 18.8 Å². The molecule has 21 heteroatoms. The van der Waals surface area contributed by atoms with E-state index in [-0.39, 0.29) is 0 Å². The van der Waals surface area contributed by atoms with E-state index < -0.39 is 71.2 Å². The van der Waals surface area contributed by atoms with Crippen molar-refractivity contribution in [2.24, 2.45) is 11.7 Å². The van der Waals surface area contributed by atoms with Gasteiger partial charge in [-0.2, -0.15) is 18.4 Å². The summed E-state index contributed by atoms with van der Waals surface area (Å²) in [6, 6.07) is 0. The van der Waals surface area contributed by atoms with Crippen molar-refractivity contribution in [2.45, 2.75) is 30.9 Å². The third-order valence-electron chi connectivity index (χ3n) is 4.29. The van der Waals surface area contributed by atoms with Crippen LogP contribution >= 0.6 is 23.5 Å². The highest BCUT2D eigenvalue weighted by atomic mass is 31.3. The highest BCUT2D eigenvalue weighted by Crippen LogP contribution is 2.66. The fourth-order valence-electron chi connectivity index (χ4n) is 3.04. The Morgan fingerprint density at radius 1 is 1.30 bits per heavy atom. The molecule has 7 atom stereocenters. The summed E-state index contributed by atoms with van der Waals surface area (Å²) < 4.78 is 52.3. The second-order valence-electron chi connectivity index (χ2n) is 6.60. The number of aromatic nitrogens is 3. The van der Waals surface area contributed by atoms with Gasteiger partial charge in [-0.3, -0.25) is 14.3 Å². The molecule has 4 unspecified atom stereocenters. The number of hydrogen-bond acceptors (Lipinski definition) is 12. The summed E-state index contributed by atoms with van der Waals surface area (Å²) >= 11 is 0. The minimum Gasteiger partial charge on any atom is -0.396 e. The molecule has 2 heterocycles. The molecular weight excluding hydrogens is 517 g/mol. The number of nitrogens with zero attached hydrogens (tertiary/aromatic N) is 2. The summed E-state index contributed by atoms with van der Waals surface area (Å²) in [5.41, 5.74) is 2.21. The fraction of sp³-hybridized carbons (Fsp3) is 0.583. The van der Waals surface area contributed by atoms with Gasteiger partial charge in [0.2, 0.25) is 0 Å². The van der Waals surface area contributed by atoms with Gasteiger partial charge in [-0.1, -0.05) is 5.92 Å². The quantitative estimate of drug-likeness (QED) is 0.127. The van der Waals surface area contributed by atoms with Crippen molar-refractivity contribution in [3.8, 4) is 12.3 Å². The maximum absolute atomic E-state index is 12.1. The average Bonchev–Trinajstić information content (AvgIpc) is 2.91. The summed E-state index contributed by atoms with van der Waals surface area (Å²) in [6.45, 7) is 0.248. The van der Waals surface area contributed by atoms with Crippen LogP contribution in [0.4, 0.5) is 0 Å². The number of phosphoric acid groups is 3. The molecule has 0 aliphatic carbocycles. The van der Waals surface area contributed by atoms with Crippen molar-refractivity contribution < 1.29 is 56.3 Å². The molecule has 186 valence electrons. The van der Waals surface area contributed by atoms with E-state index in [0.29, 0.717) is 10.9 Å². The maximum Gasteiger partial charge on any atom is 0.490 e. The molecule has 1 fully saturated rings. The Hall–Kier alpha value is -1.54. The molecule has 1 aliphatic rings. The van der Waals surface area contributed by atoms with Gasteiger partial charge in [0.1, 0.15) is 11.7 Å². The summed E-state index contributed by atoms with van der Waals surface area (Å²) in [7, 11) is -17.0. The molecule has 1 aromatic rings. The van der Waals surface area contributed by atoms with Crippen molar-refractivity contribution in [3.05, 3.63) is 27.0 Å². The largest absolute Gasteiger partial charge is 0.490 e. The van der Waals surface area contributed by atoms with Crippen molar-refractivity contribution in [2.75, 3.05) is 6.61 Å². The molecule has 2 rings (SSSR count). The third-order valence-corrected chi connectivity index (χ3v) is 8.22. The minimum atomic E-state index is -5.79. The molecule has 1 aromatic heterocycles. The molecule has 8 N–H and O–H groups in total. The average molecular weight is 536 g/mol. The van der Waals surface area contributed by atoms with Gasteiger partial charge in [0, 0.05) is 5.92 Å². The van der Waals surface area contributed by atoms with Gasteiger partial charge in [0.25, 0.3) is 5.56 Å². The van der Waals surface area contributed by atoms with E-state index in [9.17, 15) is 38.2 Å². The SMILES string of the molecule is C#CC1(N)C(CO)[C@@H]([C@H](C)OP(=O)(O)OP(=O)(O)OP(=O)(O)O)O[C@H]1n1ncc(=O)[nH]c1=O. The first-order valence-corrected chi connectivity index (χ1v) is 13.0. The topological polar surface area (TPSA) is 283 Å². The van der Waals surface area contributed by atoms with Crippen molar-refractivity contribution >= 4 is 23.5 Å². The first-order chi connectivity index (χ1) is 14.9. The summed E-state index contributed by atoms with van der Waals surface area (Å²) in [6.07, 6.45) is 1.45. The Morgan fingerprint density at radius 3 is 2.39 bits per heavy atom. The van der Waals surface area contributed by atoms with E-state index in [4.69, 9.17) is 26.7 Å². The van der Waals surface area contributed by atoms with Crippen LogP contribution in [0.3, 0.4) is 0 Å². The van der Waals surface area contributed by atoms with Crippen LogP contribution in [0.5, 0.6) is 0 Å². The number of hydrogen-bond donors (Lipinski definition) is 7. The molecule has 1 saturated heterocycles. The first-order valence-electron chi connectivity index (χ1n) is 8.48. The van der Waals surface area contributed by atoms with Gasteiger partial charge in [-0.25, -0.2) is 18.5 Å². The predicted octanol–water partition coefficient (Wildman–Crippen LogP) is -2.50. The van der Waals surface area contributed by atoms with Crippen LogP contribution in [0.15, 0.2) is 15.8 Å². The number of aromatic amines is 1. The lowest BCUT2D eigenvalue weighted by atomic mass is 9.82. The van der Waals surface area contributed by atoms with Crippen LogP contribution in [-0.4, -0.2) is 63.8 Å². The van der Waals surface area contributed by atoms with Crippen molar-refractivity contribution in [1.82, 2.24) is 14.8 Å². The summed E-state index contributed by atoms with van der Waals surface area (Å²) in [4.78, 5) is 61.3. The molecule has 0 aromatic carbocycles. The van der Waals surface area contributed by atoms with Crippen molar-refractivity contribution in [3.63, 3.8) is 0 Å². The van der Waals surface area contributed by atoms with Crippen LogP contribution in [0.2, 0.25) is 0 Å². The standard InChI is InChI=1S/C12H19N4O14P3/c1-3-12(13)7(5-17)9(27-10(12)16-11(19)15-8(18)4-14-16)6(2)28-32(23,24)30-33(25,26)29-31(20,21)22/h1,4,6-7,9-10,17H,5,13H2,2H3,(H,23,24)(H,25,26)(H,15,18,19)(H2,20,21,22)/t6-,7?,9+,10+,12?/m0/s1. The Balaban J connectivity index is 2.33.